The SMILES string of the molecule is CNCc1coc(CN(C)CCOCC2CC2)c1. The lowest BCUT2D eigenvalue weighted by Crippen LogP contribution is -2.22. The van der Waals surface area contributed by atoms with Crippen LogP contribution in [0, 0.1) is 5.92 Å². The quantitative estimate of drug-likeness (QED) is 0.681. The lowest BCUT2D eigenvalue weighted by Gasteiger charge is -2.14. The van der Waals surface area contributed by atoms with Crippen molar-refractivity contribution in [3.05, 3.63) is 23.7 Å². The van der Waals surface area contributed by atoms with Gasteiger partial charge < -0.3 is 14.5 Å². The lowest BCUT2D eigenvalue weighted by molar-refractivity contribution is 0.1000. The summed E-state index contributed by atoms with van der Waals surface area (Å²) in [6.45, 7) is 4.42. The summed E-state index contributed by atoms with van der Waals surface area (Å²) in [5.74, 6) is 1.87. The maximum absolute atomic E-state index is 5.63. The summed E-state index contributed by atoms with van der Waals surface area (Å²) in [5, 5.41) is 3.12. The molecule has 0 bridgehead atoms. The fourth-order valence-corrected chi connectivity index (χ4v) is 1.91. The first-order chi connectivity index (χ1) is 8.78. The summed E-state index contributed by atoms with van der Waals surface area (Å²) in [6, 6.07) is 2.11. The standard InChI is InChI=1S/C14H24N2O2/c1-15-8-13-7-14(18-11-13)9-16(2)5-6-17-10-12-3-4-12/h7,11-12,15H,3-6,8-10H2,1-2H3. The van der Waals surface area contributed by atoms with Crippen LogP contribution in [0.3, 0.4) is 0 Å². The minimum absolute atomic E-state index is 0.817. The van der Waals surface area contributed by atoms with E-state index in [1.54, 1.807) is 0 Å². The molecule has 18 heavy (non-hydrogen) atoms. The molecule has 1 heterocycles. The van der Waals surface area contributed by atoms with Crippen molar-refractivity contribution in [3.8, 4) is 0 Å². The van der Waals surface area contributed by atoms with Gasteiger partial charge in [0, 0.05) is 25.3 Å². The van der Waals surface area contributed by atoms with Gasteiger partial charge in [-0.3, -0.25) is 4.90 Å². The summed E-state index contributed by atoms with van der Waals surface area (Å²) in [4.78, 5) is 2.23. The molecule has 1 aliphatic rings. The molecule has 1 aliphatic carbocycles. The van der Waals surface area contributed by atoms with Crippen LogP contribution in [0.4, 0.5) is 0 Å². The Morgan fingerprint density at radius 1 is 1.50 bits per heavy atom. The van der Waals surface area contributed by atoms with Crippen molar-refractivity contribution in [1.29, 1.82) is 0 Å². The highest BCUT2D eigenvalue weighted by Crippen LogP contribution is 2.28. The van der Waals surface area contributed by atoms with Crippen molar-refractivity contribution in [2.24, 2.45) is 5.92 Å². The van der Waals surface area contributed by atoms with E-state index >= 15 is 0 Å². The van der Waals surface area contributed by atoms with Gasteiger partial charge in [0.25, 0.3) is 0 Å². The predicted octanol–water partition coefficient (Wildman–Crippen LogP) is 1.86. The van der Waals surface area contributed by atoms with E-state index in [4.69, 9.17) is 9.15 Å². The molecule has 1 aromatic heterocycles. The Morgan fingerprint density at radius 2 is 2.33 bits per heavy atom. The zero-order chi connectivity index (χ0) is 12.8. The molecule has 0 radical (unpaired) electrons. The minimum atomic E-state index is 0.817. The molecule has 0 saturated heterocycles. The third-order valence-corrected chi connectivity index (χ3v) is 3.18. The smallest absolute Gasteiger partial charge is 0.118 e. The number of furan rings is 1. The Morgan fingerprint density at radius 3 is 3.06 bits per heavy atom. The van der Waals surface area contributed by atoms with E-state index in [0.29, 0.717) is 0 Å². The zero-order valence-electron chi connectivity index (χ0n) is 11.4. The molecule has 0 atom stereocenters. The summed E-state index contributed by atoms with van der Waals surface area (Å²) in [5.41, 5.74) is 1.20. The van der Waals surface area contributed by atoms with Gasteiger partial charge in [-0.25, -0.2) is 0 Å². The van der Waals surface area contributed by atoms with Gasteiger partial charge in [-0.2, -0.15) is 0 Å². The molecule has 4 heteroatoms. The predicted molar refractivity (Wildman–Crippen MR) is 71.3 cm³/mol. The van der Waals surface area contributed by atoms with Crippen molar-refractivity contribution in [1.82, 2.24) is 10.2 Å². The third kappa shape index (κ3) is 4.80. The van der Waals surface area contributed by atoms with Crippen LogP contribution in [-0.4, -0.2) is 38.8 Å². The average Bonchev–Trinajstić information content (AvgIpc) is 3.07. The van der Waals surface area contributed by atoms with Crippen molar-refractivity contribution >= 4 is 0 Å². The fourth-order valence-electron chi connectivity index (χ4n) is 1.91. The second kappa shape index (κ2) is 6.92. The van der Waals surface area contributed by atoms with Crippen molar-refractivity contribution in [2.45, 2.75) is 25.9 Å². The molecular formula is C14H24N2O2. The number of nitrogens with one attached hydrogen (secondary N) is 1. The second-order valence-corrected chi connectivity index (χ2v) is 5.21. The minimum Gasteiger partial charge on any atom is -0.468 e. The number of rotatable bonds is 9. The van der Waals surface area contributed by atoms with Gasteiger partial charge in [-0.1, -0.05) is 0 Å². The molecule has 0 unspecified atom stereocenters. The summed E-state index contributed by atoms with van der Waals surface area (Å²) >= 11 is 0. The van der Waals surface area contributed by atoms with E-state index in [9.17, 15) is 0 Å². The first-order valence-electron chi connectivity index (χ1n) is 6.75. The van der Waals surface area contributed by atoms with Crippen LogP contribution in [0.5, 0.6) is 0 Å². The van der Waals surface area contributed by atoms with Gasteiger partial charge >= 0.3 is 0 Å². The largest absolute Gasteiger partial charge is 0.468 e. The molecule has 0 aromatic carbocycles. The first kappa shape index (κ1) is 13.6. The fraction of sp³-hybridized carbons (Fsp3) is 0.714. The zero-order valence-corrected chi connectivity index (χ0v) is 11.4. The van der Waals surface area contributed by atoms with Crippen LogP contribution in [0.15, 0.2) is 16.7 Å². The van der Waals surface area contributed by atoms with Crippen molar-refractivity contribution in [3.63, 3.8) is 0 Å². The number of hydrogen-bond acceptors (Lipinski definition) is 4. The van der Waals surface area contributed by atoms with Crippen LogP contribution in [0.2, 0.25) is 0 Å². The summed E-state index contributed by atoms with van der Waals surface area (Å²) < 4.78 is 11.1. The van der Waals surface area contributed by atoms with Crippen molar-refractivity contribution in [2.75, 3.05) is 33.9 Å². The molecule has 102 valence electrons. The molecule has 0 aliphatic heterocycles. The molecule has 0 spiro atoms. The van der Waals surface area contributed by atoms with Crippen LogP contribution >= 0.6 is 0 Å². The van der Waals surface area contributed by atoms with Crippen LogP contribution in [0.25, 0.3) is 0 Å². The van der Waals surface area contributed by atoms with E-state index in [1.807, 2.05) is 13.3 Å². The second-order valence-electron chi connectivity index (χ2n) is 5.21. The monoisotopic (exact) mass is 252 g/mol. The number of hydrogen-bond donors (Lipinski definition) is 1. The lowest BCUT2D eigenvalue weighted by atomic mass is 10.3. The molecule has 1 fully saturated rings. The Hall–Kier alpha value is -0.840. The highest BCUT2D eigenvalue weighted by atomic mass is 16.5. The Kier molecular flexibility index (Phi) is 5.23. The molecule has 2 rings (SSSR count). The molecule has 1 aromatic rings. The Labute approximate surface area is 109 Å². The molecule has 4 nitrogen and oxygen atoms in total. The normalized spacial score (nSPS) is 15.5. The van der Waals surface area contributed by atoms with Gasteiger partial charge in [0.15, 0.2) is 0 Å². The highest BCUT2D eigenvalue weighted by Gasteiger charge is 2.20. The van der Waals surface area contributed by atoms with E-state index in [-0.39, 0.29) is 0 Å². The number of likely N-dealkylation sites (N-methyl/N-ethyl adjacent to an activating group) is 1. The summed E-state index contributed by atoms with van der Waals surface area (Å²) in [6.07, 6.45) is 4.54. The topological polar surface area (TPSA) is 37.6 Å². The number of nitrogens with zero attached hydrogens (tertiary/aromatic N) is 1. The van der Waals surface area contributed by atoms with Crippen LogP contribution < -0.4 is 5.32 Å². The van der Waals surface area contributed by atoms with E-state index in [2.05, 4.69) is 23.3 Å². The third-order valence-electron chi connectivity index (χ3n) is 3.18. The molecule has 0 amide bonds. The van der Waals surface area contributed by atoms with Crippen molar-refractivity contribution < 1.29 is 9.15 Å². The van der Waals surface area contributed by atoms with Crippen LogP contribution in [0.1, 0.15) is 24.2 Å². The van der Waals surface area contributed by atoms with E-state index < -0.39 is 0 Å². The van der Waals surface area contributed by atoms with Gasteiger partial charge in [0.1, 0.15) is 5.76 Å². The first-order valence-corrected chi connectivity index (χ1v) is 6.75. The van der Waals surface area contributed by atoms with Gasteiger partial charge in [-0.05, 0) is 38.9 Å². The molecule has 1 N–H and O–H groups in total. The van der Waals surface area contributed by atoms with E-state index in [0.717, 1.165) is 44.5 Å². The van der Waals surface area contributed by atoms with Gasteiger partial charge in [0.2, 0.25) is 0 Å². The number of ether oxygens (including phenoxy) is 1. The van der Waals surface area contributed by atoms with Crippen LogP contribution in [-0.2, 0) is 17.8 Å². The van der Waals surface area contributed by atoms with Gasteiger partial charge in [-0.15, -0.1) is 0 Å². The maximum atomic E-state index is 5.63. The van der Waals surface area contributed by atoms with E-state index in [1.165, 1.54) is 18.4 Å². The average molecular weight is 252 g/mol. The molecular weight excluding hydrogens is 228 g/mol. The van der Waals surface area contributed by atoms with Gasteiger partial charge in [0.05, 0.1) is 19.4 Å². The highest BCUT2D eigenvalue weighted by molar-refractivity contribution is 5.12. The Bertz CT molecular complexity index is 347. The maximum Gasteiger partial charge on any atom is 0.118 e. The summed E-state index contributed by atoms with van der Waals surface area (Å²) in [7, 11) is 4.04. The molecule has 1 saturated carbocycles. The Balaban J connectivity index is 1.60.